The lowest BCUT2D eigenvalue weighted by atomic mass is 10.1. The van der Waals surface area contributed by atoms with E-state index in [4.69, 9.17) is 32.7 Å². The largest absolute Gasteiger partial charge is 0.573 e. The van der Waals surface area contributed by atoms with Crippen molar-refractivity contribution in [2.75, 3.05) is 17.7 Å². The first kappa shape index (κ1) is 51.1. The standard InChI is InChI=1S/C22H14ClF5N2O5.C20H11BrClF5N2O3/c1-10-9-29-15(21(32)33-2)8-14(10)30-20(31)18-17(6-4-12(23)19(18)25)34-11-3-5-16(13(24)7-11)35-22(26,27)28;1-9-8-28-16(21)7-13(9)29-19(30)17-15(5-3-11(22)18(17)24)31-10-2-4-14(12(23)6-10)32-20(25,26)27/h3-9H,1-2H3,(H,29,30,31);2-8H,1H3,(H,28,29,30). The molecule has 2 heterocycles. The Kier molecular flexibility index (Phi) is 16.2. The van der Waals surface area contributed by atoms with E-state index in [2.05, 4.69) is 50.7 Å². The van der Waals surface area contributed by atoms with Gasteiger partial charge in [0, 0.05) is 35.9 Å². The van der Waals surface area contributed by atoms with Gasteiger partial charge in [0.25, 0.3) is 11.8 Å². The molecule has 0 aliphatic rings. The Morgan fingerprint density at radius 3 is 1.40 bits per heavy atom. The summed E-state index contributed by atoms with van der Waals surface area (Å²) >= 11 is 14.7. The molecule has 12 nitrogen and oxygen atoms in total. The molecule has 25 heteroatoms. The van der Waals surface area contributed by atoms with Gasteiger partial charge in [-0.1, -0.05) is 23.2 Å². The molecule has 2 amide bonds. The van der Waals surface area contributed by atoms with Crippen LogP contribution in [0.4, 0.5) is 55.3 Å². The average Bonchev–Trinajstić information content (AvgIpc) is 3.24. The molecule has 2 N–H and O–H groups in total. The molecule has 0 bridgehead atoms. The monoisotopic (exact) mass is 1050 g/mol. The topological polar surface area (TPSA) is 147 Å². The molecule has 0 saturated carbocycles. The van der Waals surface area contributed by atoms with Crippen LogP contribution in [-0.4, -0.2) is 47.6 Å². The van der Waals surface area contributed by atoms with E-state index in [1.54, 1.807) is 13.8 Å². The number of rotatable bonds is 11. The first-order valence-electron chi connectivity index (χ1n) is 18.1. The Morgan fingerprint density at radius 1 is 0.597 bits per heavy atom. The number of methoxy groups -OCH3 is 1. The molecular formula is C42H25BrCl2F10N4O8. The van der Waals surface area contributed by atoms with E-state index < -0.39 is 87.2 Å². The molecule has 6 rings (SSSR count). The first-order valence-corrected chi connectivity index (χ1v) is 19.6. The number of benzene rings is 4. The van der Waals surface area contributed by atoms with Crippen molar-refractivity contribution in [2.24, 2.45) is 0 Å². The lowest BCUT2D eigenvalue weighted by molar-refractivity contribution is -0.276. The summed E-state index contributed by atoms with van der Waals surface area (Å²) in [6, 6.07) is 11.5. The zero-order valence-electron chi connectivity index (χ0n) is 33.7. The van der Waals surface area contributed by atoms with Crippen molar-refractivity contribution in [2.45, 2.75) is 26.6 Å². The normalized spacial score (nSPS) is 11.2. The minimum atomic E-state index is -5.12. The second-order valence-corrected chi connectivity index (χ2v) is 14.7. The van der Waals surface area contributed by atoms with Gasteiger partial charge in [0.05, 0.1) is 17.2 Å². The van der Waals surface area contributed by atoms with E-state index >= 15 is 0 Å². The Balaban J connectivity index is 0.000000252. The third-order valence-corrected chi connectivity index (χ3v) is 9.36. The zero-order chi connectivity index (χ0) is 49.5. The maximum Gasteiger partial charge on any atom is 0.573 e. The molecule has 0 aliphatic carbocycles. The van der Waals surface area contributed by atoms with Crippen LogP contribution >= 0.6 is 39.1 Å². The molecule has 67 heavy (non-hydrogen) atoms. The van der Waals surface area contributed by atoms with Crippen LogP contribution in [0.1, 0.15) is 42.3 Å². The van der Waals surface area contributed by atoms with Crippen molar-refractivity contribution in [3.05, 3.63) is 151 Å². The van der Waals surface area contributed by atoms with Crippen LogP contribution in [0.2, 0.25) is 10.0 Å². The number of halogens is 13. The van der Waals surface area contributed by atoms with E-state index in [9.17, 15) is 58.3 Å². The number of ether oxygens (including phenoxy) is 5. The average molecular weight is 1050 g/mol. The summed E-state index contributed by atoms with van der Waals surface area (Å²) in [5.74, 6) is -11.5. The van der Waals surface area contributed by atoms with Crippen LogP contribution < -0.4 is 29.6 Å². The predicted molar refractivity (Wildman–Crippen MR) is 222 cm³/mol. The van der Waals surface area contributed by atoms with E-state index in [-0.39, 0.29) is 33.7 Å². The number of alkyl halides is 6. The van der Waals surface area contributed by atoms with Gasteiger partial charge in [-0.2, -0.15) is 0 Å². The first-order chi connectivity index (χ1) is 31.3. The van der Waals surface area contributed by atoms with Gasteiger partial charge in [-0.15, -0.1) is 26.3 Å². The van der Waals surface area contributed by atoms with Crippen molar-refractivity contribution in [3.63, 3.8) is 0 Å². The summed E-state index contributed by atoms with van der Waals surface area (Å²) in [6.45, 7) is 3.22. The number of nitrogens with one attached hydrogen (secondary N) is 2. The number of carbonyl (C=O) groups is 3. The lowest BCUT2D eigenvalue weighted by Gasteiger charge is -2.15. The summed E-state index contributed by atoms with van der Waals surface area (Å²) < 4.78 is 154. The minimum Gasteiger partial charge on any atom is -0.464 e. The van der Waals surface area contributed by atoms with Gasteiger partial charge < -0.3 is 34.3 Å². The molecule has 0 atom stereocenters. The van der Waals surface area contributed by atoms with Crippen LogP contribution in [0, 0.1) is 37.1 Å². The summed E-state index contributed by atoms with van der Waals surface area (Å²) in [4.78, 5) is 45.3. The van der Waals surface area contributed by atoms with Crippen molar-refractivity contribution in [1.82, 2.24) is 9.97 Å². The molecular weight excluding hydrogens is 1030 g/mol. The highest BCUT2D eigenvalue weighted by atomic mass is 79.9. The van der Waals surface area contributed by atoms with Gasteiger partial charge in [0.15, 0.2) is 34.8 Å². The molecule has 4 aromatic carbocycles. The minimum absolute atomic E-state index is 0.0930. The van der Waals surface area contributed by atoms with Gasteiger partial charge in [0.2, 0.25) is 0 Å². The van der Waals surface area contributed by atoms with Crippen LogP contribution in [0.5, 0.6) is 34.5 Å². The number of carbonyl (C=O) groups excluding carboxylic acids is 3. The summed E-state index contributed by atoms with van der Waals surface area (Å²) in [5.41, 5.74) is -0.0115. The number of hydrogen-bond donors (Lipinski definition) is 2. The SMILES string of the molecule is COC(=O)c1cc(NC(=O)c2c(Oc3ccc(OC(F)(F)F)c(F)c3)ccc(Cl)c2F)c(C)cn1.Cc1cnc(Br)cc1NC(=O)c1c(Oc2ccc(OC(F)(F)F)c(F)c2)ccc(Cl)c1F. The van der Waals surface area contributed by atoms with E-state index in [0.29, 0.717) is 45.7 Å². The van der Waals surface area contributed by atoms with E-state index in [0.717, 1.165) is 43.5 Å². The number of pyridine rings is 2. The lowest BCUT2D eigenvalue weighted by Crippen LogP contribution is -2.18. The van der Waals surface area contributed by atoms with Gasteiger partial charge >= 0.3 is 18.7 Å². The highest BCUT2D eigenvalue weighted by molar-refractivity contribution is 9.10. The number of anilines is 2. The molecule has 0 unspecified atom stereocenters. The summed E-state index contributed by atoms with van der Waals surface area (Å²) in [6.07, 6.45) is -7.46. The Morgan fingerprint density at radius 2 is 1.00 bits per heavy atom. The zero-order valence-corrected chi connectivity index (χ0v) is 36.8. The Bertz CT molecular complexity index is 2870. The number of aryl methyl sites for hydroxylation is 2. The van der Waals surface area contributed by atoms with Gasteiger partial charge in [-0.05, 0) is 102 Å². The van der Waals surface area contributed by atoms with Gasteiger partial charge in [-0.25, -0.2) is 32.3 Å². The van der Waals surface area contributed by atoms with E-state index in [1.165, 1.54) is 24.5 Å². The van der Waals surface area contributed by atoms with E-state index in [1.807, 2.05) is 0 Å². The van der Waals surface area contributed by atoms with Crippen molar-refractivity contribution in [1.29, 1.82) is 0 Å². The maximum atomic E-state index is 14.8. The number of nitrogens with zero attached hydrogens (tertiary/aromatic N) is 2. The van der Waals surface area contributed by atoms with Crippen LogP contribution in [-0.2, 0) is 4.74 Å². The fourth-order valence-electron chi connectivity index (χ4n) is 5.30. The van der Waals surface area contributed by atoms with Crippen LogP contribution in [0.15, 0.2) is 89.8 Å². The Hall–Kier alpha value is -6.85. The predicted octanol–water partition coefficient (Wildman–Crippen LogP) is 13.1. The third-order valence-electron chi connectivity index (χ3n) is 8.34. The van der Waals surface area contributed by atoms with Crippen LogP contribution in [0.25, 0.3) is 0 Å². The van der Waals surface area contributed by atoms with Crippen molar-refractivity contribution in [3.8, 4) is 34.5 Å². The summed E-state index contributed by atoms with van der Waals surface area (Å²) in [7, 11) is 1.14. The quantitative estimate of drug-likeness (QED) is 0.0730. The fourth-order valence-corrected chi connectivity index (χ4v) is 5.94. The molecule has 2 aromatic heterocycles. The molecule has 0 spiro atoms. The number of hydrogen-bond acceptors (Lipinski definition) is 10. The highest BCUT2D eigenvalue weighted by Gasteiger charge is 2.34. The number of esters is 1. The fraction of sp³-hybridized carbons (Fsp3) is 0.119. The maximum absolute atomic E-state index is 14.8. The highest BCUT2D eigenvalue weighted by Crippen LogP contribution is 2.37. The Labute approximate surface area is 388 Å². The number of amides is 2. The third kappa shape index (κ3) is 13.6. The molecule has 0 radical (unpaired) electrons. The van der Waals surface area contributed by atoms with Crippen molar-refractivity contribution >= 4 is 68.3 Å². The molecule has 0 fully saturated rings. The molecule has 352 valence electrons. The van der Waals surface area contributed by atoms with Crippen LogP contribution in [0.3, 0.4) is 0 Å². The smallest absolute Gasteiger partial charge is 0.464 e. The van der Waals surface area contributed by atoms with Gasteiger partial charge in [0.1, 0.15) is 44.4 Å². The van der Waals surface area contributed by atoms with Gasteiger partial charge in [-0.3, -0.25) is 9.59 Å². The van der Waals surface area contributed by atoms with Crippen molar-refractivity contribution < 1.29 is 82.0 Å². The molecule has 6 aromatic rings. The summed E-state index contributed by atoms with van der Waals surface area (Å²) in [5, 5.41) is 4.08. The second kappa shape index (κ2) is 21.2. The second-order valence-electron chi connectivity index (χ2n) is 13.1. The number of aromatic nitrogens is 2. The molecule has 0 saturated heterocycles. The molecule has 0 aliphatic heterocycles.